The molecule has 1 aromatic carbocycles. The third-order valence-electron chi connectivity index (χ3n) is 4.04. The fraction of sp³-hybridized carbons (Fsp3) is 0.562. The average molecular weight is 393 g/mol. The minimum Gasteiger partial charge on any atom is -0.343 e. The second kappa shape index (κ2) is 8.36. The predicted octanol–water partition coefficient (Wildman–Crippen LogP) is 1.74. The van der Waals surface area contributed by atoms with Gasteiger partial charge in [0.2, 0.25) is 10.0 Å². The Labute approximate surface area is 150 Å². The number of carbonyl (C=O) groups is 1. The van der Waals surface area contributed by atoms with Gasteiger partial charge in [-0.05, 0) is 37.6 Å². The summed E-state index contributed by atoms with van der Waals surface area (Å²) >= 11 is 0. The van der Waals surface area contributed by atoms with Crippen LogP contribution >= 0.6 is 0 Å². The van der Waals surface area contributed by atoms with Crippen molar-refractivity contribution in [1.82, 2.24) is 14.9 Å². The quantitative estimate of drug-likeness (QED) is 0.740. The molecule has 0 saturated carbocycles. The van der Waals surface area contributed by atoms with Crippen molar-refractivity contribution in [3.05, 3.63) is 29.8 Å². The molecule has 1 aliphatic rings. The zero-order valence-corrected chi connectivity index (χ0v) is 15.2. The third kappa shape index (κ3) is 5.18. The van der Waals surface area contributed by atoms with Crippen molar-refractivity contribution in [2.24, 2.45) is 0 Å². The molecule has 6 nitrogen and oxygen atoms in total. The first kappa shape index (κ1) is 20.7. The van der Waals surface area contributed by atoms with Gasteiger partial charge in [0.25, 0.3) is 5.91 Å². The van der Waals surface area contributed by atoms with Gasteiger partial charge in [0.15, 0.2) is 0 Å². The van der Waals surface area contributed by atoms with Gasteiger partial charge in [-0.25, -0.2) is 8.42 Å². The number of hydrogen-bond donors (Lipinski definition) is 2. The minimum atomic E-state index is -4.53. The lowest BCUT2D eigenvalue weighted by atomic mass is 10.2. The van der Waals surface area contributed by atoms with E-state index in [9.17, 15) is 26.4 Å². The van der Waals surface area contributed by atoms with Gasteiger partial charge < -0.3 is 10.6 Å². The number of rotatable bonds is 7. The number of hydrogen-bond acceptors (Lipinski definition) is 4. The Kier molecular flexibility index (Phi) is 6.64. The molecule has 146 valence electrons. The Bertz CT molecular complexity index is 732. The first-order chi connectivity index (χ1) is 12.1. The fourth-order valence-electron chi connectivity index (χ4n) is 2.82. The van der Waals surface area contributed by atoms with Gasteiger partial charge in [-0.1, -0.05) is 13.0 Å². The molecule has 2 rings (SSSR count). The maximum absolute atomic E-state index is 13.0. The van der Waals surface area contributed by atoms with E-state index in [1.165, 1.54) is 22.5 Å². The van der Waals surface area contributed by atoms with E-state index in [1.807, 2.05) is 6.92 Å². The topological polar surface area (TPSA) is 78.5 Å². The molecule has 1 amide bonds. The summed E-state index contributed by atoms with van der Waals surface area (Å²) in [6.07, 6.45) is -3.22. The van der Waals surface area contributed by atoms with E-state index in [2.05, 4.69) is 5.32 Å². The molecule has 26 heavy (non-hydrogen) atoms. The molecule has 0 bridgehead atoms. The van der Waals surface area contributed by atoms with Crippen LogP contribution in [-0.2, 0) is 10.0 Å². The summed E-state index contributed by atoms with van der Waals surface area (Å²) in [6.45, 7) is 1.99. The summed E-state index contributed by atoms with van der Waals surface area (Å²) in [5, 5.41) is 4.86. The van der Waals surface area contributed by atoms with Crippen molar-refractivity contribution in [2.45, 2.75) is 36.9 Å². The molecule has 1 aliphatic heterocycles. The van der Waals surface area contributed by atoms with E-state index in [0.29, 0.717) is 25.9 Å². The lowest BCUT2D eigenvalue weighted by Gasteiger charge is -2.27. The molecule has 0 spiro atoms. The van der Waals surface area contributed by atoms with Crippen molar-refractivity contribution in [2.75, 3.05) is 26.2 Å². The molecular formula is C16H22F3N3O3S. The van der Waals surface area contributed by atoms with E-state index in [1.54, 1.807) is 5.32 Å². The monoisotopic (exact) mass is 393 g/mol. The molecule has 0 aliphatic carbocycles. The van der Waals surface area contributed by atoms with Crippen LogP contribution < -0.4 is 10.6 Å². The van der Waals surface area contributed by atoms with Gasteiger partial charge in [-0.2, -0.15) is 17.5 Å². The van der Waals surface area contributed by atoms with Crippen molar-refractivity contribution >= 4 is 15.9 Å². The van der Waals surface area contributed by atoms with Crippen LogP contribution in [0, 0.1) is 0 Å². The smallest absolute Gasteiger partial charge is 0.343 e. The van der Waals surface area contributed by atoms with E-state index in [4.69, 9.17) is 0 Å². The van der Waals surface area contributed by atoms with Gasteiger partial charge in [0.05, 0.1) is 4.90 Å². The Hall–Kier alpha value is -1.65. The van der Waals surface area contributed by atoms with Crippen molar-refractivity contribution in [1.29, 1.82) is 0 Å². The van der Waals surface area contributed by atoms with E-state index in [-0.39, 0.29) is 16.5 Å². The maximum Gasteiger partial charge on any atom is 0.405 e. The van der Waals surface area contributed by atoms with Crippen LogP contribution in [0.25, 0.3) is 0 Å². The highest BCUT2D eigenvalue weighted by atomic mass is 32.2. The zero-order valence-electron chi connectivity index (χ0n) is 14.3. The van der Waals surface area contributed by atoms with Gasteiger partial charge in [-0.15, -0.1) is 0 Å². The Morgan fingerprint density at radius 1 is 1.38 bits per heavy atom. The highest BCUT2D eigenvalue weighted by Gasteiger charge is 2.33. The highest BCUT2D eigenvalue weighted by molar-refractivity contribution is 7.89. The number of sulfonamides is 1. The molecule has 1 fully saturated rings. The summed E-state index contributed by atoms with van der Waals surface area (Å²) in [5.41, 5.74) is -0.128. The number of nitrogens with zero attached hydrogens (tertiary/aromatic N) is 1. The Balaban J connectivity index is 2.24. The SMILES string of the molecule is CCCN(C1CCNC1)S(=O)(=O)c1cccc(C(=O)NCC(F)(F)F)c1. The fourth-order valence-corrected chi connectivity index (χ4v) is 4.61. The van der Waals surface area contributed by atoms with E-state index in [0.717, 1.165) is 12.6 Å². The third-order valence-corrected chi connectivity index (χ3v) is 5.99. The van der Waals surface area contributed by atoms with E-state index >= 15 is 0 Å². The average Bonchev–Trinajstić information content (AvgIpc) is 3.11. The molecule has 1 unspecified atom stereocenters. The minimum absolute atomic E-state index is 0.0995. The molecule has 1 aromatic rings. The number of alkyl halides is 3. The Morgan fingerprint density at radius 3 is 2.69 bits per heavy atom. The largest absolute Gasteiger partial charge is 0.405 e. The van der Waals surface area contributed by atoms with Crippen molar-refractivity contribution in [3.63, 3.8) is 0 Å². The van der Waals surface area contributed by atoms with Crippen molar-refractivity contribution in [3.8, 4) is 0 Å². The molecule has 1 saturated heterocycles. The lowest BCUT2D eigenvalue weighted by molar-refractivity contribution is -0.123. The summed E-state index contributed by atoms with van der Waals surface area (Å²) in [7, 11) is -3.85. The molecule has 10 heteroatoms. The number of carbonyl (C=O) groups excluding carboxylic acids is 1. The first-order valence-electron chi connectivity index (χ1n) is 8.32. The van der Waals surface area contributed by atoms with Crippen LogP contribution in [0.3, 0.4) is 0 Å². The number of benzene rings is 1. The van der Waals surface area contributed by atoms with Gasteiger partial charge in [0, 0.05) is 24.7 Å². The molecule has 1 heterocycles. The van der Waals surface area contributed by atoms with E-state index < -0.39 is 28.7 Å². The molecule has 1 atom stereocenters. The van der Waals surface area contributed by atoms with Crippen LogP contribution in [0.15, 0.2) is 29.2 Å². The second-order valence-corrected chi connectivity index (χ2v) is 7.98. The molecular weight excluding hydrogens is 371 g/mol. The van der Waals surface area contributed by atoms with Gasteiger partial charge in [0.1, 0.15) is 6.54 Å². The van der Waals surface area contributed by atoms with Crippen LogP contribution in [0.4, 0.5) is 13.2 Å². The number of nitrogens with one attached hydrogen (secondary N) is 2. The summed E-state index contributed by atoms with van der Waals surface area (Å²) in [5.74, 6) is -0.969. The van der Waals surface area contributed by atoms with Gasteiger partial charge >= 0.3 is 6.18 Å². The standard InChI is InChI=1S/C16H22F3N3O3S/c1-2-8-22(13-6-7-20-10-13)26(24,25)14-5-3-4-12(9-14)15(23)21-11-16(17,18)19/h3-5,9,13,20H,2,6-8,10-11H2,1H3,(H,21,23). The maximum atomic E-state index is 13.0. The van der Waals surface area contributed by atoms with Crippen LogP contribution in [0.1, 0.15) is 30.1 Å². The first-order valence-corrected chi connectivity index (χ1v) is 9.76. The molecule has 2 N–H and O–H groups in total. The normalized spacial score (nSPS) is 18.3. The van der Waals surface area contributed by atoms with Crippen LogP contribution in [0.5, 0.6) is 0 Å². The lowest BCUT2D eigenvalue weighted by Crippen LogP contribution is -2.42. The summed E-state index contributed by atoms with van der Waals surface area (Å²) in [6, 6.07) is 4.92. The van der Waals surface area contributed by atoms with Crippen molar-refractivity contribution < 1.29 is 26.4 Å². The number of amides is 1. The zero-order chi connectivity index (χ0) is 19.4. The highest BCUT2D eigenvalue weighted by Crippen LogP contribution is 2.22. The van der Waals surface area contributed by atoms with Gasteiger partial charge in [-0.3, -0.25) is 4.79 Å². The number of halogens is 3. The van der Waals surface area contributed by atoms with Crippen LogP contribution in [-0.4, -0.2) is 57.0 Å². The summed E-state index contributed by atoms with van der Waals surface area (Å²) in [4.78, 5) is 11.8. The Morgan fingerprint density at radius 2 is 2.12 bits per heavy atom. The van der Waals surface area contributed by atoms with Crippen LogP contribution in [0.2, 0.25) is 0 Å². The predicted molar refractivity (Wildman–Crippen MR) is 90.3 cm³/mol. The molecule has 0 radical (unpaired) electrons. The molecule has 0 aromatic heterocycles. The summed E-state index contributed by atoms with van der Waals surface area (Å²) < 4.78 is 64.1. The second-order valence-electron chi connectivity index (χ2n) is 6.09.